The molecule has 128 valence electrons. The summed E-state index contributed by atoms with van der Waals surface area (Å²) in [6.45, 7) is 4.07. The molecule has 3 aromatic heterocycles. The van der Waals surface area contributed by atoms with Gasteiger partial charge in [0.1, 0.15) is 17.6 Å². The van der Waals surface area contributed by atoms with Crippen LogP contribution < -0.4 is 4.74 Å². The van der Waals surface area contributed by atoms with Crippen molar-refractivity contribution in [3.8, 4) is 23.5 Å². The molecule has 6 nitrogen and oxygen atoms in total. The van der Waals surface area contributed by atoms with Crippen LogP contribution in [0, 0.1) is 25.2 Å². The van der Waals surface area contributed by atoms with Crippen LogP contribution >= 0.6 is 0 Å². The van der Waals surface area contributed by atoms with E-state index in [1.165, 1.54) is 0 Å². The maximum absolute atomic E-state index is 9.63. The Bertz CT molecular complexity index is 1130. The minimum Gasteiger partial charge on any atom is -0.456 e. The molecule has 0 unspecified atom stereocenters. The number of imidazole rings is 1. The number of fused-ring (bicyclic) bond motifs is 1. The van der Waals surface area contributed by atoms with Crippen molar-refractivity contribution >= 4 is 11.0 Å². The molecule has 1 aromatic carbocycles. The van der Waals surface area contributed by atoms with Crippen LogP contribution in [0.25, 0.3) is 17.0 Å². The Kier molecular flexibility index (Phi) is 3.70. The summed E-state index contributed by atoms with van der Waals surface area (Å²) in [5, 5.41) is 9.63. The molecule has 0 saturated carbocycles. The Morgan fingerprint density at radius 3 is 2.50 bits per heavy atom. The van der Waals surface area contributed by atoms with Gasteiger partial charge in [0.15, 0.2) is 0 Å². The van der Waals surface area contributed by atoms with Crippen molar-refractivity contribution < 1.29 is 4.74 Å². The van der Waals surface area contributed by atoms with E-state index in [0.29, 0.717) is 22.6 Å². The van der Waals surface area contributed by atoms with Crippen molar-refractivity contribution in [2.24, 2.45) is 7.05 Å². The van der Waals surface area contributed by atoms with Gasteiger partial charge >= 0.3 is 0 Å². The highest BCUT2D eigenvalue weighted by molar-refractivity contribution is 5.85. The Balaban J connectivity index is 1.89. The predicted molar refractivity (Wildman–Crippen MR) is 98.5 cm³/mol. The Morgan fingerprint density at radius 2 is 1.85 bits per heavy atom. The SMILES string of the molecule is Cc1ccc(C)n1-c1nc2cc(Oc3cccnc3)cc(C#N)c2n1C. The topological polar surface area (TPSA) is 68.7 Å². The Hall–Kier alpha value is -3.59. The van der Waals surface area contributed by atoms with Crippen molar-refractivity contribution in [3.63, 3.8) is 0 Å². The van der Waals surface area contributed by atoms with E-state index in [1.54, 1.807) is 24.5 Å². The number of benzene rings is 1. The first-order valence-corrected chi connectivity index (χ1v) is 8.22. The third-order valence-corrected chi connectivity index (χ3v) is 4.38. The lowest BCUT2D eigenvalue weighted by Gasteiger charge is -2.09. The van der Waals surface area contributed by atoms with E-state index < -0.39 is 0 Å². The summed E-state index contributed by atoms with van der Waals surface area (Å²) in [4.78, 5) is 8.81. The molecule has 0 saturated heterocycles. The Morgan fingerprint density at radius 1 is 1.08 bits per heavy atom. The van der Waals surface area contributed by atoms with Crippen molar-refractivity contribution in [1.29, 1.82) is 5.26 Å². The maximum atomic E-state index is 9.63. The summed E-state index contributed by atoms with van der Waals surface area (Å²) in [6.07, 6.45) is 3.32. The van der Waals surface area contributed by atoms with E-state index in [4.69, 9.17) is 9.72 Å². The van der Waals surface area contributed by atoms with Crippen molar-refractivity contribution in [1.82, 2.24) is 19.1 Å². The number of nitrogens with zero attached hydrogens (tertiary/aromatic N) is 5. The molecular weight excluding hydrogens is 326 g/mol. The van der Waals surface area contributed by atoms with Gasteiger partial charge in [-0.05, 0) is 38.1 Å². The van der Waals surface area contributed by atoms with Gasteiger partial charge in [-0.15, -0.1) is 0 Å². The van der Waals surface area contributed by atoms with E-state index in [2.05, 4.69) is 27.8 Å². The highest BCUT2D eigenvalue weighted by atomic mass is 16.5. The molecule has 4 aromatic rings. The first kappa shape index (κ1) is 15.9. The first-order valence-electron chi connectivity index (χ1n) is 8.22. The predicted octanol–water partition coefficient (Wildman–Crippen LogP) is 4.04. The zero-order valence-electron chi connectivity index (χ0n) is 14.8. The van der Waals surface area contributed by atoms with Gasteiger partial charge in [-0.1, -0.05) is 0 Å². The van der Waals surface area contributed by atoms with Crippen molar-refractivity contribution in [2.75, 3.05) is 0 Å². The number of hydrogen-bond acceptors (Lipinski definition) is 4. The molecule has 0 aliphatic heterocycles. The summed E-state index contributed by atoms with van der Waals surface area (Å²) in [5.41, 5.74) is 4.20. The van der Waals surface area contributed by atoms with Crippen LogP contribution in [0.3, 0.4) is 0 Å². The van der Waals surface area contributed by atoms with Gasteiger partial charge in [-0.25, -0.2) is 4.98 Å². The second-order valence-corrected chi connectivity index (χ2v) is 6.16. The summed E-state index contributed by atoms with van der Waals surface area (Å²) in [7, 11) is 1.92. The van der Waals surface area contributed by atoms with Gasteiger partial charge in [0.05, 0.1) is 22.8 Å². The number of nitriles is 1. The number of aromatic nitrogens is 4. The molecule has 0 fully saturated rings. The number of rotatable bonds is 3. The molecule has 3 heterocycles. The highest BCUT2D eigenvalue weighted by Gasteiger charge is 2.17. The third-order valence-electron chi connectivity index (χ3n) is 4.38. The summed E-state index contributed by atoms with van der Waals surface area (Å²) >= 11 is 0. The number of hydrogen-bond donors (Lipinski definition) is 0. The lowest BCUT2D eigenvalue weighted by Crippen LogP contribution is -2.06. The monoisotopic (exact) mass is 343 g/mol. The average Bonchev–Trinajstić information content (AvgIpc) is 3.14. The maximum Gasteiger partial charge on any atom is 0.215 e. The summed E-state index contributed by atoms with van der Waals surface area (Å²) < 4.78 is 9.86. The van der Waals surface area contributed by atoms with E-state index in [1.807, 2.05) is 37.6 Å². The molecule has 0 N–H and O–H groups in total. The average molecular weight is 343 g/mol. The molecule has 4 rings (SSSR count). The highest BCUT2D eigenvalue weighted by Crippen LogP contribution is 2.30. The van der Waals surface area contributed by atoms with Crippen LogP contribution in [0.2, 0.25) is 0 Å². The van der Waals surface area contributed by atoms with Gasteiger partial charge in [-0.2, -0.15) is 5.26 Å². The fraction of sp³-hybridized carbons (Fsp3) is 0.150. The van der Waals surface area contributed by atoms with E-state index >= 15 is 0 Å². The molecule has 26 heavy (non-hydrogen) atoms. The second-order valence-electron chi connectivity index (χ2n) is 6.16. The smallest absolute Gasteiger partial charge is 0.215 e. The molecule has 0 amide bonds. The lowest BCUT2D eigenvalue weighted by atomic mass is 10.2. The van der Waals surface area contributed by atoms with E-state index in [9.17, 15) is 5.26 Å². The minimum absolute atomic E-state index is 0.519. The second kappa shape index (κ2) is 6.05. The molecule has 6 heteroatoms. The zero-order chi connectivity index (χ0) is 18.3. The van der Waals surface area contributed by atoms with Crippen LogP contribution in [0.15, 0.2) is 48.8 Å². The van der Waals surface area contributed by atoms with Crippen LogP contribution in [0.5, 0.6) is 11.5 Å². The largest absolute Gasteiger partial charge is 0.456 e. The van der Waals surface area contributed by atoms with Crippen LogP contribution in [-0.2, 0) is 7.05 Å². The summed E-state index contributed by atoms with van der Waals surface area (Å²) in [6, 6.07) is 13.6. The number of aryl methyl sites for hydroxylation is 3. The number of ether oxygens (including phenoxy) is 1. The Labute approximate surface area is 150 Å². The van der Waals surface area contributed by atoms with E-state index in [-0.39, 0.29) is 0 Å². The van der Waals surface area contributed by atoms with Crippen LogP contribution in [0.4, 0.5) is 0 Å². The molecule has 0 aliphatic carbocycles. The minimum atomic E-state index is 0.519. The van der Waals surface area contributed by atoms with Gasteiger partial charge in [0, 0.05) is 36.8 Å². The molecule has 0 atom stereocenters. The molecule has 0 aliphatic rings. The standard InChI is InChI=1S/C20H17N5O/c1-13-6-7-14(2)25(13)20-23-18-10-17(26-16-5-4-8-22-12-16)9-15(11-21)19(18)24(20)3/h4-10,12H,1-3H3. The van der Waals surface area contributed by atoms with Crippen LogP contribution in [-0.4, -0.2) is 19.1 Å². The molecule has 0 spiro atoms. The molecule has 0 radical (unpaired) electrons. The molecular formula is C20H17N5O. The quantitative estimate of drug-likeness (QED) is 0.563. The van der Waals surface area contributed by atoms with Gasteiger partial charge in [0.2, 0.25) is 5.95 Å². The first-order chi connectivity index (χ1) is 12.6. The van der Waals surface area contributed by atoms with Crippen molar-refractivity contribution in [2.45, 2.75) is 13.8 Å². The fourth-order valence-corrected chi connectivity index (χ4v) is 3.19. The van der Waals surface area contributed by atoms with Crippen molar-refractivity contribution in [3.05, 3.63) is 65.7 Å². The van der Waals surface area contributed by atoms with E-state index in [0.717, 1.165) is 22.9 Å². The van der Waals surface area contributed by atoms with Crippen LogP contribution in [0.1, 0.15) is 17.0 Å². The van der Waals surface area contributed by atoms with Gasteiger partial charge in [0.25, 0.3) is 0 Å². The number of pyridine rings is 1. The molecule has 0 bridgehead atoms. The summed E-state index contributed by atoms with van der Waals surface area (Å²) in [5.74, 6) is 1.95. The normalized spacial score (nSPS) is 10.8. The fourth-order valence-electron chi connectivity index (χ4n) is 3.19. The van der Waals surface area contributed by atoms with Gasteiger partial charge in [-0.3, -0.25) is 9.55 Å². The zero-order valence-corrected chi connectivity index (χ0v) is 14.8. The third kappa shape index (κ3) is 2.50. The van der Waals surface area contributed by atoms with Gasteiger partial charge < -0.3 is 9.30 Å². The lowest BCUT2D eigenvalue weighted by molar-refractivity contribution is 0.481.